The summed E-state index contributed by atoms with van der Waals surface area (Å²) in [7, 11) is 1.36. The molecular weight excluding hydrogens is 265 g/mol. The Balaban J connectivity index is 2.28. The topological polar surface area (TPSA) is 97.5 Å². The second-order valence-corrected chi connectivity index (χ2v) is 3.94. The molecule has 0 aliphatic rings. The fraction of sp³-hybridized carbons (Fsp3) is 0.0769. The lowest BCUT2D eigenvalue weighted by Gasteiger charge is -2.10. The predicted octanol–water partition coefficient (Wildman–Crippen LogP) is 2.25. The molecule has 0 aliphatic carbocycles. The molecule has 1 aromatic carbocycles. The van der Waals surface area contributed by atoms with Gasteiger partial charge in [0, 0.05) is 18.0 Å². The number of nitrogens with zero attached hydrogens (tertiary/aromatic N) is 1. The predicted molar refractivity (Wildman–Crippen MR) is 71.8 cm³/mol. The molecule has 0 saturated carbocycles. The van der Waals surface area contributed by atoms with E-state index in [0.29, 0.717) is 5.69 Å². The first-order valence-corrected chi connectivity index (χ1v) is 5.60. The van der Waals surface area contributed by atoms with Crippen molar-refractivity contribution in [1.82, 2.24) is 4.98 Å². The molecule has 104 valence electrons. The minimum Gasteiger partial charge on any atom is -0.494 e. The third-order valence-corrected chi connectivity index (χ3v) is 2.58. The number of nitrogens with two attached hydrogens (primary N) is 1. The average Bonchev–Trinajstić information content (AvgIpc) is 2.42. The van der Waals surface area contributed by atoms with Gasteiger partial charge in [0.15, 0.2) is 17.4 Å². The van der Waals surface area contributed by atoms with Gasteiger partial charge in [-0.3, -0.25) is 0 Å². The third kappa shape index (κ3) is 2.77. The number of carboxylic acids is 1. The number of rotatable bonds is 4. The van der Waals surface area contributed by atoms with Crippen molar-refractivity contribution in [3.8, 4) is 5.75 Å². The molecule has 2 rings (SSSR count). The molecule has 0 fully saturated rings. The van der Waals surface area contributed by atoms with Gasteiger partial charge in [0.05, 0.1) is 18.4 Å². The van der Waals surface area contributed by atoms with Crippen LogP contribution in [0.1, 0.15) is 10.4 Å². The minimum absolute atomic E-state index is 0.00950. The summed E-state index contributed by atoms with van der Waals surface area (Å²) in [5, 5.41) is 11.7. The summed E-state index contributed by atoms with van der Waals surface area (Å²) in [5.74, 6) is -1.24. The Kier molecular flexibility index (Phi) is 3.69. The normalized spacial score (nSPS) is 10.1. The van der Waals surface area contributed by atoms with Crippen LogP contribution in [0.25, 0.3) is 0 Å². The van der Waals surface area contributed by atoms with Crippen LogP contribution in [0.4, 0.5) is 21.6 Å². The number of methoxy groups -OCH3 is 1. The van der Waals surface area contributed by atoms with Gasteiger partial charge in [-0.2, -0.15) is 0 Å². The number of pyridine rings is 1. The Morgan fingerprint density at radius 2 is 2.20 bits per heavy atom. The van der Waals surface area contributed by atoms with Crippen LogP contribution in [0.15, 0.2) is 30.5 Å². The van der Waals surface area contributed by atoms with E-state index in [1.807, 2.05) is 0 Å². The molecule has 20 heavy (non-hydrogen) atoms. The molecule has 4 N–H and O–H groups in total. The zero-order valence-corrected chi connectivity index (χ0v) is 10.6. The smallest absolute Gasteiger partial charge is 0.337 e. The number of anilines is 3. The summed E-state index contributed by atoms with van der Waals surface area (Å²) in [4.78, 5) is 14.7. The van der Waals surface area contributed by atoms with Gasteiger partial charge in [-0.1, -0.05) is 0 Å². The second-order valence-electron chi connectivity index (χ2n) is 3.94. The van der Waals surface area contributed by atoms with Gasteiger partial charge in [0.25, 0.3) is 0 Å². The van der Waals surface area contributed by atoms with Crippen molar-refractivity contribution in [2.24, 2.45) is 0 Å². The first-order chi connectivity index (χ1) is 9.51. The highest BCUT2D eigenvalue weighted by molar-refractivity contribution is 5.89. The van der Waals surface area contributed by atoms with Crippen molar-refractivity contribution in [3.05, 3.63) is 41.8 Å². The standard InChI is InChI=1S/C13H12FN3O3/c1-20-11-5-8(2-3-9(11)14)17-12-10(15)4-7(6-16-12)13(18)19/h2-6H,15H2,1H3,(H,16,17)(H,18,19). The van der Waals surface area contributed by atoms with Crippen molar-refractivity contribution >= 4 is 23.2 Å². The van der Waals surface area contributed by atoms with Crippen molar-refractivity contribution in [3.63, 3.8) is 0 Å². The largest absolute Gasteiger partial charge is 0.494 e. The molecule has 1 aromatic heterocycles. The Morgan fingerprint density at radius 3 is 2.80 bits per heavy atom. The van der Waals surface area contributed by atoms with Crippen LogP contribution in [-0.2, 0) is 0 Å². The zero-order chi connectivity index (χ0) is 14.7. The number of hydrogen-bond donors (Lipinski definition) is 3. The maximum absolute atomic E-state index is 13.3. The van der Waals surface area contributed by atoms with Gasteiger partial charge in [-0.05, 0) is 18.2 Å². The van der Waals surface area contributed by atoms with E-state index in [4.69, 9.17) is 15.6 Å². The Morgan fingerprint density at radius 1 is 1.45 bits per heavy atom. The first kappa shape index (κ1) is 13.6. The van der Waals surface area contributed by atoms with Gasteiger partial charge < -0.3 is 20.9 Å². The molecule has 0 saturated heterocycles. The molecule has 0 atom stereocenters. The van der Waals surface area contributed by atoms with E-state index >= 15 is 0 Å². The summed E-state index contributed by atoms with van der Waals surface area (Å²) < 4.78 is 18.1. The molecule has 0 bridgehead atoms. The van der Waals surface area contributed by atoms with E-state index in [-0.39, 0.29) is 22.8 Å². The molecule has 0 unspecified atom stereocenters. The van der Waals surface area contributed by atoms with Gasteiger partial charge in [-0.15, -0.1) is 0 Å². The summed E-state index contributed by atoms with van der Waals surface area (Å²) in [6.45, 7) is 0. The molecule has 0 aliphatic heterocycles. The van der Waals surface area contributed by atoms with E-state index in [1.165, 1.54) is 37.6 Å². The molecule has 6 nitrogen and oxygen atoms in total. The van der Waals surface area contributed by atoms with E-state index in [2.05, 4.69) is 10.3 Å². The number of aromatic nitrogens is 1. The fourth-order valence-corrected chi connectivity index (χ4v) is 1.58. The highest BCUT2D eigenvalue weighted by Crippen LogP contribution is 2.26. The van der Waals surface area contributed by atoms with Crippen LogP contribution in [0, 0.1) is 5.82 Å². The molecule has 0 spiro atoms. The molecule has 0 amide bonds. The SMILES string of the molecule is COc1cc(Nc2ncc(C(=O)O)cc2N)ccc1F. The molecule has 2 aromatic rings. The van der Waals surface area contributed by atoms with Crippen LogP contribution in [0.2, 0.25) is 0 Å². The minimum atomic E-state index is -1.11. The molecular formula is C13H12FN3O3. The van der Waals surface area contributed by atoms with Crippen molar-refractivity contribution < 1.29 is 19.0 Å². The third-order valence-electron chi connectivity index (χ3n) is 2.58. The van der Waals surface area contributed by atoms with Crippen LogP contribution in [-0.4, -0.2) is 23.2 Å². The summed E-state index contributed by atoms with van der Waals surface area (Å²) >= 11 is 0. The average molecular weight is 277 g/mol. The highest BCUT2D eigenvalue weighted by atomic mass is 19.1. The van der Waals surface area contributed by atoms with Crippen molar-refractivity contribution in [2.45, 2.75) is 0 Å². The van der Waals surface area contributed by atoms with Crippen LogP contribution >= 0.6 is 0 Å². The zero-order valence-electron chi connectivity index (χ0n) is 10.6. The van der Waals surface area contributed by atoms with E-state index in [0.717, 1.165) is 0 Å². The summed E-state index contributed by atoms with van der Waals surface area (Å²) in [6, 6.07) is 5.47. The number of ether oxygens (including phenoxy) is 1. The molecule has 0 radical (unpaired) electrons. The quantitative estimate of drug-likeness (QED) is 0.793. The van der Waals surface area contributed by atoms with Crippen LogP contribution < -0.4 is 15.8 Å². The van der Waals surface area contributed by atoms with Gasteiger partial charge in [0.1, 0.15) is 0 Å². The molecule has 7 heteroatoms. The van der Waals surface area contributed by atoms with Crippen molar-refractivity contribution in [2.75, 3.05) is 18.2 Å². The number of nitrogens with one attached hydrogen (secondary N) is 1. The van der Waals surface area contributed by atoms with E-state index in [9.17, 15) is 9.18 Å². The van der Waals surface area contributed by atoms with Gasteiger partial charge in [0.2, 0.25) is 0 Å². The lowest BCUT2D eigenvalue weighted by atomic mass is 10.2. The maximum atomic E-state index is 13.3. The van der Waals surface area contributed by atoms with E-state index < -0.39 is 11.8 Å². The van der Waals surface area contributed by atoms with E-state index in [1.54, 1.807) is 0 Å². The van der Waals surface area contributed by atoms with Crippen molar-refractivity contribution in [1.29, 1.82) is 0 Å². The lowest BCUT2D eigenvalue weighted by Crippen LogP contribution is -2.04. The number of carboxylic acid groups (broad SMARTS) is 1. The number of carbonyl (C=O) groups is 1. The summed E-state index contributed by atoms with van der Waals surface area (Å²) in [6.07, 6.45) is 1.18. The van der Waals surface area contributed by atoms with Crippen LogP contribution in [0.3, 0.4) is 0 Å². The van der Waals surface area contributed by atoms with Gasteiger partial charge in [-0.25, -0.2) is 14.2 Å². The van der Waals surface area contributed by atoms with Crippen LogP contribution in [0.5, 0.6) is 5.75 Å². The number of halogens is 1. The Labute approximate surface area is 114 Å². The number of hydrogen-bond acceptors (Lipinski definition) is 5. The first-order valence-electron chi connectivity index (χ1n) is 5.60. The fourth-order valence-electron chi connectivity index (χ4n) is 1.58. The maximum Gasteiger partial charge on any atom is 0.337 e. The van der Waals surface area contributed by atoms with Gasteiger partial charge >= 0.3 is 5.97 Å². The summed E-state index contributed by atoms with van der Waals surface area (Å²) in [5.41, 5.74) is 6.40. The monoisotopic (exact) mass is 277 g/mol. The second kappa shape index (κ2) is 5.43. The lowest BCUT2D eigenvalue weighted by molar-refractivity contribution is 0.0696. The number of aromatic carboxylic acids is 1. The Hall–Kier alpha value is -2.83. The molecule has 1 heterocycles. The highest BCUT2D eigenvalue weighted by Gasteiger charge is 2.09. The Bertz CT molecular complexity index is 661. The number of nitrogen functional groups attached to an aromatic ring is 1. The number of benzene rings is 1.